The summed E-state index contributed by atoms with van der Waals surface area (Å²) in [5, 5.41) is 4.19. The minimum atomic E-state index is -0.702. The number of alkyl halides is 1. The molecule has 1 aromatic heterocycles. The van der Waals surface area contributed by atoms with Gasteiger partial charge in [0.2, 0.25) is 5.95 Å². The number of hydrogen-bond acceptors (Lipinski definition) is 4. The molecule has 2 aliphatic heterocycles. The summed E-state index contributed by atoms with van der Waals surface area (Å²) in [6.45, 7) is 5.20. The van der Waals surface area contributed by atoms with Crippen LogP contribution in [0.4, 0.5) is 10.3 Å². The highest BCUT2D eigenvalue weighted by Crippen LogP contribution is 2.31. The number of halogens is 2. The summed E-state index contributed by atoms with van der Waals surface area (Å²) in [5.74, 6) is 0.726. The second-order valence-electron chi connectivity index (χ2n) is 7.17. The standard InChI is InChI=1S/C20H24ClFN4/c1-13-2-3-14(12-17(13)21)19-16-4-8-23-9-5-18(16)24-20(25-19)26-10-6-15(22)7-11-26/h2-3,12,15,23H,4-11H2,1H3. The summed E-state index contributed by atoms with van der Waals surface area (Å²) >= 11 is 6.38. The summed E-state index contributed by atoms with van der Waals surface area (Å²) in [7, 11) is 0. The molecular weight excluding hydrogens is 351 g/mol. The molecule has 3 heterocycles. The first-order chi connectivity index (χ1) is 12.6. The van der Waals surface area contributed by atoms with Gasteiger partial charge in [0.1, 0.15) is 6.17 Å². The molecule has 0 spiro atoms. The molecule has 1 aromatic carbocycles. The van der Waals surface area contributed by atoms with Crippen LogP contribution in [0.3, 0.4) is 0 Å². The van der Waals surface area contributed by atoms with Crippen LogP contribution in [0.15, 0.2) is 18.2 Å². The maximum absolute atomic E-state index is 13.5. The highest BCUT2D eigenvalue weighted by molar-refractivity contribution is 6.31. The van der Waals surface area contributed by atoms with Crippen molar-refractivity contribution >= 4 is 17.5 Å². The van der Waals surface area contributed by atoms with Gasteiger partial charge >= 0.3 is 0 Å². The maximum Gasteiger partial charge on any atom is 0.226 e. The molecule has 0 bridgehead atoms. The van der Waals surface area contributed by atoms with Crippen molar-refractivity contribution in [2.45, 2.75) is 38.8 Å². The quantitative estimate of drug-likeness (QED) is 0.869. The second-order valence-corrected chi connectivity index (χ2v) is 7.58. The molecule has 0 saturated carbocycles. The topological polar surface area (TPSA) is 41.1 Å². The highest BCUT2D eigenvalue weighted by atomic mass is 35.5. The van der Waals surface area contributed by atoms with Crippen LogP contribution < -0.4 is 10.2 Å². The van der Waals surface area contributed by atoms with E-state index < -0.39 is 6.17 Å². The predicted molar refractivity (Wildman–Crippen MR) is 104 cm³/mol. The number of benzene rings is 1. The Morgan fingerprint density at radius 2 is 1.92 bits per heavy atom. The van der Waals surface area contributed by atoms with Gasteiger partial charge in [-0.3, -0.25) is 0 Å². The Kier molecular flexibility index (Phi) is 5.09. The van der Waals surface area contributed by atoms with E-state index in [2.05, 4.69) is 16.3 Å². The molecular formula is C20H24ClFN4. The van der Waals surface area contributed by atoms with Gasteiger partial charge in [-0.25, -0.2) is 14.4 Å². The van der Waals surface area contributed by atoms with E-state index in [0.29, 0.717) is 25.9 Å². The molecule has 26 heavy (non-hydrogen) atoms. The average molecular weight is 375 g/mol. The van der Waals surface area contributed by atoms with Crippen molar-refractivity contribution in [2.75, 3.05) is 31.1 Å². The zero-order chi connectivity index (χ0) is 18.1. The van der Waals surface area contributed by atoms with E-state index in [4.69, 9.17) is 21.6 Å². The van der Waals surface area contributed by atoms with Gasteiger partial charge < -0.3 is 10.2 Å². The number of rotatable bonds is 2. The van der Waals surface area contributed by atoms with Crippen LogP contribution in [-0.4, -0.2) is 42.3 Å². The van der Waals surface area contributed by atoms with E-state index in [9.17, 15) is 4.39 Å². The fraction of sp³-hybridized carbons (Fsp3) is 0.500. The summed E-state index contributed by atoms with van der Waals surface area (Å²) in [5.41, 5.74) is 5.37. The SMILES string of the molecule is Cc1ccc(-c2nc(N3CCC(F)CC3)nc3c2CCNCC3)cc1Cl. The number of nitrogens with zero attached hydrogens (tertiary/aromatic N) is 3. The minimum absolute atomic E-state index is 0.549. The molecule has 1 N–H and O–H groups in total. The summed E-state index contributed by atoms with van der Waals surface area (Å²) in [6, 6.07) is 6.12. The lowest BCUT2D eigenvalue weighted by molar-refractivity contribution is 0.276. The number of anilines is 1. The van der Waals surface area contributed by atoms with Gasteiger partial charge in [-0.15, -0.1) is 0 Å². The first-order valence-corrected chi connectivity index (χ1v) is 9.75. The Balaban J connectivity index is 1.79. The van der Waals surface area contributed by atoms with E-state index in [-0.39, 0.29) is 0 Å². The average Bonchev–Trinajstić information content (AvgIpc) is 2.89. The van der Waals surface area contributed by atoms with Crippen molar-refractivity contribution in [3.05, 3.63) is 40.0 Å². The fourth-order valence-electron chi connectivity index (χ4n) is 3.70. The van der Waals surface area contributed by atoms with Gasteiger partial charge in [-0.05, 0) is 44.4 Å². The van der Waals surface area contributed by atoms with Crippen molar-refractivity contribution in [3.8, 4) is 11.3 Å². The van der Waals surface area contributed by atoms with Gasteiger partial charge in [-0.1, -0.05) is 23.7 Å². The van der Waals surface area contributed by atoms with Crippen LogP contribution in [0, 0.1) is 6.92 Å². The lowest BCUT2D eigenvalue weighted by atomic mass is 10.00. The van der Waals surface area contributed by atoms with Gasteiger partial charge in [-0.2, -0.15) is 0 Å². The number of hydrogen-bond donors (Lipinski definition) is 1. The van der Waals surface area contributed by atoms with E-state index >= 15 is 0 Å². The Bertz CT molecular complexity index is 803. The zero-order valence-corrected chi connectivity index (χ0v) is 15.8. The molecule has 1 fully saturated rings. The van der Waals surface area contributed by atoms with Crippen molar-refractivity contribution in [1.29, 1.82) is 0 Å². The Morgan fingerprint density at radius 3 is 2.69 bits per heavy atom. The van der Waals surface area contributed by atoms with Gasteiger partial charge in [0.25, 0.3) is 0 Å². The first-order valence-electron chi connectivity index (χ1n) is 9.38. The van der Waals surface area contributed by atoms with Crippen molar-refractivity contribution in [2.24, 2.45) is 0 Å². The molecule has 2 aliphatic rings. The number of piperidine rings is 1. The number of aryl methyl sites for hydroxylation is 1. The molecule has 138 valence electrons. The lowest BCUT2D eigenvalue weighted by Crippen LogP contribution is -2.36. The normalized spacial score (nSPS) is 18.5. The molecule has 0 atom stereocenters. The molecule has 6 heteroatoms. The number of aromatic nitrogens is 2. The molecule has 1 saturated heterocycles. The number of fused-ring (bicyclic) bond motifs is 1. The smallest absolute Gasteiger partial charge is 0.226 e. The monoisotopic (exact) mass is 374 g/mol. The Hall–Kier alpha value is -1.72. The molecule has 4 rings (SSSR count). The molecule has 0 amide bonds. The van der Waals surface area contributed by atoms with Crippen molar-refractivity contribution in [1.82, 2.24) is 15.3 Å². The van der Waals surface area contributed by atoms with Gasteiger partial charge in [0, 0.05) is 42.2 Å². The highest BCUT2D eigenvalue weighted by Gasteiger charge is 2.24. The molecule has 4 nitrogen and oxygen atoms in total. The Labute approximate surface area is 158 Å². The fourth-order valence-corrected chi connectivity index (χ4v) is 3.88. The largest absolute Gasteiger partial charge is 0.341 e. The van der Waals surface area contributed by atoms with Crippen LogP contribution in [0.5, 0.6) is 0 Å². The van der Waals surface area contributed by atoms with Gasteiger partial charge in [0.05, 0.1) is 11.4 Å². The molecule has 0 unspecified atom stereocenters. The first kappa shape index (κ1) is 17.7. The van der Waals surface area contributed by atoms with Crippen LogP contribution >= 0.6 is 11.6 Å². The summed E-state index contributed by atoms with van der Waals surface area (Å²) < 4.78 is 13.5. The van der Waals surface area contributed by atoms with Crippen LogP contribution in [0.25, 0.3) is 11.3 Å². The predicted octanol–water partition coefficient (Wildman–Crippen LogP) is 3.73. The molecule has 2 aromatic rings. The van der Waals surface area contributed by atoms with Crippen molar-refractivity contribution in [3.63, 3.8) is 0 Å². The Morgan fingerprint density at radius 1 is 1.15 bits per heavy atom. The summed E-state index contributed by atoms with van der Waals surface area (Å²) in [4.78, 5) is 11.9. The third-order valence-electron chi connectivity index (χ3n) is 5.32. The summed E-state index contributed by atoms with van der Waals surface area (Å²) in [6.07, 6.45) is 2.19. The molecule has 0 aliphatic carbocycles. The van der Waals surface area contributed by atoms with Crippen LogP contribution in [-0.2, 0) is 12.8 Å². The second kappa shape index (κ2) is 7.49. The van der Waals surface area contributed by atoms with Crippen molar-refractivity contribution < 1.29 is 4.39 Å². The van der Waals surface area contributed by atoms with Gasteiger partial charge in [0.15, 0.2) is 0 Å². The third kappa shape index (κ3) is 3.55. The van der Waals surface area contributed by atoms with E-state index in [1.807, 2.05) is 19.1 Å². The zero-order valence-electron chi connectivity index (χ0n) is 15.1. The van der Waals surface area contributed by atoms with E-state index in [1.54, 1.807) is 0 Å². The van der Waals surface area contributed by atoms with E-state index in [0.717, 1.165) is 59.4 Å². The van der Waals surface area contributed by atoms with Crippen LogP contribution in [0.2, 0.25) is 5.02 Å². The molecule has 0 radical (unpaired) electrons. The number of nitrogens with one attached hydrogen (secondary N) is 1. The minimum Gasteiger partial charge on any atom is -0.341 e. The maximum atomic E-state index is 13.5. The van der Waals surface area contributed by atoms with Crippen LogP contribution in [0.1, 0.15) is 29.7 Å². The lowest BCUT2D eigenvalue weighted by Gasteiger charge is -2.29. The van der Waals surface area contributed by atoms with E-state index in [1.165, 1.54) is 5.56 Å². The third-order valence-corrected chi connectivity index (χ3v) is 5.73.